The third-order valence-corrected chi connectivity index (χ3v) is 6.61. The summed E-state index contributed by atoms with van der Waals surface area (Å²) in [7, 11) is 0. The van der Waals surface area contributed by atoms with Crippen molar-refractivity contribution in [2.24, 2.45) is 0 Å². The molecule has 1 amide bonds. The maximum atomic E-state index is 14.0. The van der Waals surface area contributed by atoms with Crippen molar-refractivity contribution in [1.29, 1.82) is 0 Å². The van der Waals surface area contributed by atoms with Gasteiger partial charge in [-0.3, -0.25) is 19.1 Å². The van der Waals surface area contributed by atoms with E-state index in [9.17, 15) is 14.0 Å². The Morgan fingerprint density at radius 1 is 1.06 bits per heavy atom. The van der Waals surface area contributed by atoms with Gasteiger partial charge in [-0.05, 0) is 58.9 Å². The number of nitrogens with one attached hydrogen (secondary N) is 1. The van der Waals surface area contributed by atoms with E-state index >= 15 is 0 Å². The minimum absolute atomic E-state index is 0.128. The first-order chi connectivity index (χ1) is 15.7. The SMILES string of the molecule is CC(Sc1nc2ccccc2c(=O)n1CCN(C(C)C)C(C)C)C(=O)Nc1ccccc1F. The Balaban J connectivity index is 1.90. The highest BCUT2D eigenvalue weighted by Gasteiger charge is 2.21. The van der Waals surface area contributed by atoms with E-state index in [2.05, 4.69) is 37.9 Å². The molecule has 0 aliphatic carbocycles. The average Bonchev–Trinajstić information content (AvgIpc) is 2.76. The van der Waals surface area contributed by atoms with Crippen molar-refractivity contribution in [3.63, 3.8) is 0 Å². The van der Waals surface area contributed by atoms with Crippen LogP contribution in [0.5, 0.6) is 0 Å². The van der Waals surface area contributed by atoms with Gasteiger partial charge in [-0.15, -0.1) is 0 Å². The lowest BCUT2D eigenvalue weighted by molar-refractivity contribution is -0.115. The van der Waals surface area contributed by atoms with E-state index < -0.39 is 11.1 Å². The lowest BCUT2D eigenvalue weighted by Gasteiger charge is -2.31. The summed E-state index contributed by atoms with van der Waals surface area (Å²) in [5.41, 5.74) is 0.591. The molecule has 1 heterocycles. The molecule has 0 fully saturated rings. The topological polar surface area (TPSA) is 67.2 Å². The third kappa shape index (κ3) is 6.00. The molecule has 8 heteroatoms. The van der Waals surface area contributed by atoms with Crippen LogP contribution in [-0.4, -0.2) is 44.2 Å². The summed E-state index contributed by atoms with van der Waals surface area (Å²) < 4.78 is 15.6. The molecule has 0 bridgehead atoms. The number of fused-ring (bicyclic) bond motifs is 1. The number of halogens is 1. The average molecular weight is 471 g/mol. The molecule has 0 spiro atoms. The van der Waals surface area contributed by atoms with Gasteiger partial charge in [-0.1, -0.05) is 36.0 Å². The van der Waals surface area contributed by atoms with E-state index in [0.717, 1.165) is 0 Å². The molecular weight excluding hydrogens is 439 g/mol. The summed E-state index contributed by atoms with van der Waals surface area (Å²) in [6.07, 6.45) is 0. The zero-order chi connectivity index (χ0) is 24.1. The number of thioether (sulfide) groups is 1. The van der Waals surface area contributed by atoms with Gasteiger partial charge in [-0.2, -0.15) is 0 Å². The number of rotatable bonds is 9. The fraction of sp³-hybridized carbons (Fsp3) is 0.400. The Labute approximate surface area is 198 Å². The van der Waals surface area contributed by atoms with Crippen LogP contribution in [0.3, 0.4) is 0 Å². The Bertz CT molecular complexity index is 1170. The van der Waals surface area contributed by atoms with Gasteiger partial charge >= 0.3 is 0 Å². The Hall–Kier alpha value is -2.71. The van der Waals surface area contributed by atoms with Crippen LogP contribution >= 0.6 is 11.8 Å². The molecule has 0 aliphatic rings. The number of amides is 1. The van der Waals surface area contributed by atoms with Crippen LogP contribution < -0.4 is 10.9 Å². The molecule has 176 valence electrons. The number of para-hydroxylation sites is 2. The summed E-state index contributed by atoms with van der Waals surface area (Å²) in [5.74, 6) is -0.851. The molecule has 1 atom stereocenters. The van der Waals surface area contributed by atoms with E-state index in [-0.39, 0.29) is 17.2 Å². The third-order valence-electron chi connectivity index (χ3n) is 5.52. The smallest absolute Gasteiger partial charge is 0.262 e. The molecule has 6 nitrogen and oxygen atoms in total. The fourth-order valence-corrected chi connectivity index (χ4v) is 4.71. The number of carbonyl (C=O) groups is 1. The highest BCUT2D eigenvalue weighted by Crippen LogP contribution is 2.24. The van der Waals surface area contributed by atoms with E-state index in [1.807, 2.05) is 12.1 Å². The lowest BCUT2D eigenvalue weighted by atomic mass is 10.2. The second kappa shape index (κ2) is 10.9. The summed E-state index contributed by atoms with van der Waals surface area (Å²) in [6.45, 7) is 11.4. The monoisotopic (exact) mass is 470 g/mol. The first-order valence-electron chi connectivity index (χ1n) is 11.2. The highest BCUT2D eigenvalue weighted by molar-refractivity contribution is 8.00. The van der Waals surface area contributed by atoms with Crippen LogP contribution in [0.4, 0.5) is 10.1 Å². The molecule has 1 aromatic heterocycles. The number of anilines is 1. The second-order valence-corrected chi connectivity index (χ2v) is 9.83. The molecule has 0 aliphatic heterocycles. The standard InChI is InChI=1S/C25H31FN4O2S/c1-16(2)29(17(3)4)14-15-30-24(32)19-10-6-8-12-21(19)28-25(30)33-18(5)23(31)27-22-13-9-7-11-20(22)26/h6-13,16-18H,14-15H2,1-5H3,(H,27,31). The Morgan fingerprint density at radius 3 is 2.36 bits per heavy atom. The van der Waals surface area contributed by atoms with Crippen molar-refractivity contribution in [2.75, 3.05) is 11.9 Å². The fourth-order valence-electron chi connectivity index (χ4n) is 3.77. The van der Waals surface area contributed by atoms with Crippen LogP contribution in [0.2, 0.25) is 0 Å². The molecule has 1 unspecified atom stereocenters. The van der Waals surface area contributed by atoms with Gasteiger partial charge < -0.3 is 5.32 Å². The molecule has 1 N–H and O–H groups in total. The van der Waals surface area contributed by atoms with Gasteiger partial charge in [0.25, 0.3) is 5.56 Å². The van der Waals surface area contributed by atoms with Crippen molar-refractivity contribution < 1.29 is 9.18 Å². The van der Waals surface area contributed by atoms with Crippen LogP contribution in [0, 0.1) is 5.82 Å². The number of nitrogens with zero attached hydrogens (tertiary/aromatic N) is 3. The van der Waals surface area contributed by atoms with Crippen LogP contribution in [0.1, 0.15) is 34.6 Å². The number of hydrogen-bond acceptors (Lipinski definition) is 5. The van der Waals surface area contributed by atoms with E-state index in [1.165, 1.54) is 23.9 Å². The zero-order valence-electron chi connectivity index (χ0n) is 19.7. The molecule has 33 heavy (non-hydrogen) atoms. The molecular formula is C25H31FN4O2S. The number of aromatic nitrogens is 2. The van der Waals surface area contributed by atoms with Gasteiger partial charge in [0.1, 0.15) is 5.82 Å². The summed E-state index contributed by atoms with van der Waals surface area (Å²) in [5, 5.41) is 3.06. The van der Waals surface area contributed by atoms with E-state index in [0.29, 0.717) is 41.2 Å². The van der Waals surface area contributed by atoms with Gasteiger partial charge in [0.05, 0.1) is 21.8 Å². The first-order valence-corrected chi connectivity index (χ1v) is 12.0. The number of benzene rings is 2. The van der Waals surface area contributed by atoms with E-state index in [1.54, 1.807) is 35.8 Å². The quantitative estimate of drug-likeness (QED) is 0.360. The van der Waals surface area contributed by atoms with Crippen molar-refractivity contribution >= 4 is 34.3 Å². The predicted octanol–water partition coefficient (Wildman–Crippen LogP) is 4.77. The van der Waals surface area contributed by atoms with Crippen molar-refractivity contribution in [2.45, 2.75) is 63.7 Å². The number of hydrogen-bond donors (Lipinski definition) is 1. The van der Waals surface area contributed by atoms with Crippen LogP contribution in [-0.2, 0) is 11.3 Å². The zero-order valence-corrected chi connectivity index (χ0v) is 20.5. The highest BCUT2D eigenvalue weighted by atomic mass is 32.2. The largest absolute Gasteiger partial charge is 0.323 e. The minimum Gasteiger partial charge on any atom is -0.323 e. The van der Waals surface area contributed by atoms with Crippen molar-refractivity contribution in [1.82, 2.24) is 14.5 Å². The van der Waals surface area contributed by atoms with Gasteiger partial charge in [0.15, 0.2) is 5.16 Å². The van der Waals surface area contributed by atoms with Crippen LogP contribution in [0.15, 0.2) is 58.5 Å². The first kappa shape index (κ1) is 24.9. The van der Waals surface area contributed by atoms with Crippen LogP contribution in [0.25, 0.3) is 10.9 Å². The van der Waals surface area contributed by atoms with Gasteiger partial charge in [0, 0.05) is 25.2 Å². The van der Waals surface area contributed by atoms with Gasteiger partial charge in [0.2, 0.25) is 5.91 Å². The summed E-state index contributed by atoms with van der Waals surface area (Å²) >= 11 is 1.20. The molecule has 0 saturated heterocycles. The molecule has 2 aromatic carbocycles. The molecule has 0 saturated carbocycles. The second-order valence-electron chi connectivity index (χ2n) is 8.52. The summed E-state index contributed by atoms with van der Waals surface area (Å²) in [6, 6.07) is 13.9. The van der Waals surface area contributed by atoms with Crippen molar-refractivity contribution in [3.05, 3.63) is 64.7 Å². The normalized spacial score (nSPS) is 12.6. The summed E-state index contributed by atoms with van der Waals surface area (Å²) in [4.78, 5) is 33.1. The Kier molecular flexibility index (Phi) is 8.26. The molecule has 0 radical (unpaired) electrons. The maximum absolute atomic E-state index is 14.0. The van der Waals surface area contributed by atoms with E-state index in [4.69, 9.17) is 4.98 Å². The van der Waals surface area contributed by atoms with Crippen molar-refractivity contribution in [3.8, 4) is 0 Å². The minimum atomic E-state index is -0.588. The lowest BCUT2D eigenvalue weighted by Crippen LogP contribution is -2.40. The van der Waals surface area contributed by atoms with Gasteiger partial charge in [-0.25, -0.2) is 9.37 Å². The maximum Gasteiger partial charge on any atom is 0.262 e. The Morgan fingerprint density at radius 2 is 1.70 bits per heavy atom. The molecule has 3 aromatic rings. The predicted molar refractivity (Wildman–Crippen MR) is 133 cm³/mol. The molecule has 3 rings (SSSR count). The number of carbonyl (C=O) groups excluding carboxylic acids is 1.